The Balaban J connectivity index is 0.00000363. The second kappa shape index (κ2) is 12.1. The summed E-state index contributed by atoms with van der Waals surface area (Å²) in [6, 6.07) is 0. The van der Waals surface area contributed by atoms with Crippen LogP contribution in [0.4, 0.5) is 18.9 Å². The molecule has 2 fully saturated rings. The molecule has 182 valence electrons. The molecule has 8 nitrogen and oxygen atoms in total. The van der Waals surface area contributed by atoms with Gasteiger partial charge in [-0.1, -0.05) is 0 Å². The van der Waals surface area contributed by atoms with Crippen molar-refractivity contribution < 1.29 is 18.0 Å². The minimum Gasteiger partial charge on any atom is -0.357 e. The van der Waals surface area contributed by atoms with Gasteiger partial charge in [-0.3, -0.25) is 19.4 Å². The molecule has 2 aliphatic rings. The zero-order chi connectivity index (χ0) is 22.4. The number of likely N-dealkylation sites (tertiary alicyclic amines) is 1. The molecule has 0 saturated carbocycles. The van der Waals surface area contributed by atoms with E-state index < -0.39 is 12.7 Å². The van der Waals surface area contributed by atoms with Crippen molar-refractivity contribution in [3.05, 3.63) is 12.4 Å². The summed E-state index contributed by atoms with van der Waals surface area (Å²) in [5, 5.41) is 7.39. The number of aromatic nitrogens is 2. The first-order valence-corrected chi connectivity index (χ1v) is 10.9. The molecule has 0 aliphatic carbocycles. The van der Waals surface area contributed by atoms with Crippen molar-refractivity contribution in [3.8, 4) is 0 Å². The summed E-state index contributed by atoms with van der Waals surface area (Å²) in [6.07, 6.45) is 1.77. The molecule has 0 radical (unpaired) electrons. The van der Waals surface area contributed by atoms with E-state index in [4.69, 9.17) is 4.99 Å². The fraction of sp³-hybridized carbons (Fsp3) is 0.750. The third kappa shape index (κ3) is 7.78. The first kappa shape index (κ1) is 26.7. The van der Waals surface area contributed by atoms with Crippen LogP contribution >= 0.6 is 24.0 Å². The van der Waals surface area contributed by atoms with Gasteiger partial charge in [0, 0.05) is 39.4 Å². The summed E-state index contributed by atoms with van der Waals surface area (Å²) < 4.78 is 39.3. The predicted molar refractivity (Wildman–Crippen MR) is 128 cm³/mol. The van der Waals surface area contributed by atoms with E-state index in [1.54, 1.807) is 15.8 Å². The van der Waals surface area contributed by atoms with Crippen molar-refractivity contribution in [1.82, 2.24) is 24.9 Å². The van der Waals surface area contributed by atoms with Crippen LogP contribution < -0.4 is 10.2 Å². The molecule has 0 spiro atoms. The number of hydrogen-bond acceptors (Lipinski definition) is 4. The maximum absolute atomic E-state index is 12.7. The van der Waals surface area contributed by atoms with Crippen molar-refractivity contribution in [3.63, 3.8) is 0 Å². The third-order valence-corrected chi connectivity index (χ3v) is 5.77. The number of nitrogens with zero attached hydrogens (tertiary/aromatic N) is 6. The molecule has 0 aromatic carbocycles. The van der Waals surface area contributed by atoms with Gasteiger partial charge in [0.15, 0.2) is 5.96 Å². The lowest BCUT2D eigenvalue weighted by Crippen LogP contribution is -2.55. The largest absolute Gasteiger partial charge is 0.401 e. The van der Waals surface area contributed by atoms with E-state index in [9.17, 15) is 18.0 Å². The van der Waals surface area contributed by atoms with Gasteiger partial charge in [0.2, 0.25) is 5.91 Å². The molecular weight excluding hydrogens is 538 g/mol. The van der Waals surface area contributed by atoms with Crippen LogP contribution in [0.25, 0.3) is 0 Å². The number of carbonyl (C=O) groups excluding carboxylic acids is 1. The highest BCUT2D eigenvalue weighted by atomic mass is 127. The smallest absolute Gasteiger partial charge is 0.357 e. The van der Waals surface area contributed by atoms with Crippen LogP contribution in [0.5, 0.6) is 0 Å². The number of aliphatic imine (C=N–C) groups is 1. The maximum atomic E-state index is 12.7. The van der Waals surface area contributed by atoms with Gasteiger partial charge >= 0.3 is 6.18 Å². The topological polar surface area (TPSA) is 69.0 Å². The molecule has 12 heteroatoms. The SMILES string of the molecule is CCNC(=NCCC1CCN(CC(F)(F)F)CC1)N1CCN(c2cnn(C)c2)C(=O)C1.I. The van der Waals surface area contributed by atoms with E-state index in [-0.39, 0.29) is 36.4 Å². The molecule has 2 aliphatic heterocycles. The van der Waals surface area contributed by atoms with Gasteiger partial charge in [0.25, 0.3) is 0 Å². The predicted octanol–water partition coefficient (Wildman–Crippen LogP) is 2.32. The van der Waals surface area contributed by atoms with Gasteiger partial charge in [-0.15, -0.1) is 24.0 Å². The normalized spacial score (nSPS) is 19.3. The summed E-state index contributed by atoms with van der Waals surface area (Å²) in [7, 11) is 1.82. The second-order valence-corrected chi connectivity index (χ2v) is 8.20. The Labute approximate surface area is 204 Å². The van der Waals surface area contributed by atoms with Crippen molar-refractivity contribution in [2.75, 3.05) is 57.3 Å². The zero-order valence-corrected chi connectivity index (χ0v) is 21.0. The van der Waals surface area contributed by atoms with E-state index >= 15 is 0 Å². The van der Waals surface area contributed by atoms with E-state index in [2.05, 4.69) is 10.4 Å². The van der Waals surface area contributed by atoms with Crippen molar-refractivity contribution in [2.24, 2.45) is 18.0 Å². The average Bonchev–Trinajstić information content (AvgIpc) is 3.13. The highest BCUT2D eigenvalue weighted by molar-refractivity contribution is 14.0. The molecule has 1 aromatic heterocycles. The first-order valence-electron chi connectivity index (χ1n) is 10.9. The molecule has 0 unspecified atom stereocenters. The van der Waals surface area contributed by atoms with Gasteiger partial charge in [0.05, 0.1) is 18.4 Å². The lowest BCUT2D eigenvalue weighted by molar-refractivity contribution is -0.148. The molecule has 0 atom stereocenters. The Bertz CT molecular complexity index is 763. The standard InChI is InChI=1S/C20H32F3N7O.HI/c1-3-24-19(25-7-4-16-5-8-28(9-6-16)15-20(21,22)23)29-10-11-30(18(31)14-29)17-12-26-27(2)13-17;/h12-13,16H,3-11,14-15H2,1-2H3,(H,24,25);1H. The van der Waals surface area contributed by atoms with Gasteiger partial charge in [0.1, 0.15) is 6.54 Å². The molecule has 1 amide bonds. The van der Waals surface area contributed by atoms with Crippen molar-refractivity contribution in [1.29, 1.82) is 0 Å². The summed E-state index contributed by atoms with van der Waals surface area (Å²) in [5.41, 5.74) is 0.797. The summed E-state index contributed by atoms with van der Waals surface area (Å²) in [6.45, 7) is 4.92. The molecule has 32 heavy (non-hydrogen) atoms. The zero-order valence-electron chi connectivity index (χ0n) is 18.6. The fourth-order valence-corrected chi connectivity index (χ4v) is 4.14. The Morgan fingerprint density at radius 2 is 1.97 bits per heavy atom. The lowest BCUT2D eigenvalue weighted by Gasteiger charge is -2.35. The van der Waals surface area contributed by atoms with Crippen LogP contribution in [0.15, 0.2) is 17.4 Å². The van der Waals surface area contributed by atoms with E-state index in [0.717, 1.165) is 30.9 Å². The minimum atomic E-state index is -4.13. The fourth-order valence-electron chi connectivity index (χ4n) is 4.14. The van der Waals surface area contributed by atoms with Crippen LogP contribution in [0.2, 0.25) is 0 Å². The number of piperidine rings is 1. The number of rotatable bonds is 6. The number of nitrogens with one attached hydrogen (secondary N) is 1. The number of halogens is 4. The molecule has 3 rings (SSSR count). The third-order valence-electron chi connectivity index (χ3n) is 5.77. The lowest BCUT2D eigenvalue weighted by atomic mass is 9.93. The average molecular weight is 571 g/mol. The number of aryl methyl sites for hydroxylation is 1. The van der Waals surface area contributed by atoms with Gasteiger partial charge in [-0.2, -0.15) is 18.3 Å². The van der Waals surface area contributed by atoms with Crippen LogP contribution in [0.1, 0.15) is 26.2 Å². The molecule has 1 N–H and O–H groups in total. The van der Waals surface area contributed by atoms with Crippen LogP contribution in [0.3, 0.4) is 0 Å². The first-order chi connectivity index (χ1) is 14.7. The Hall–Kier alpha value is -1.57. The Kier molecular flexibility index (Phi) is 10.0. The van der Waals surface area contributed by atoms with Crippen LogP contribution in [-0.4, -0.2) is 90.0 Å². The summed E-state index contributed by atoms with van der Waals surface area (Å²) >= 11 is 0. The number of guanidine groups is 1. The number of hydrogen-bond donors (Lipinski definition) is 1. The number of alkyl halides is 3. The highest BCUT2D eigenvalue weighted by Gasteiger charge is 2.32. The van der Waals surface area contributed by atoms with Gasteiger partial charge < -0.3 is 15.1 Å². The molecular formula is C20H33F3IN7O. The molecule has 0 bridgehead atoms. The number of anilines is 1. The molecule has 1 aromatic rings. The number of amides is 1. The molecule has 2 saturated heterocycles. The van der Waals surface area contributed by atoms with Gasteiger partial charge in [-0.05, 0) is 45.2 Å². The monoisotopic (exact) mass is 571 g/mol. The maximum Gasteiger partial charge on any atom is 0.401 e. The quantitative estimate of drug-likeness (QED) is 0.323. The van der Waals surface area contributed by atoms with E-state index in [1.807, 2.05) is 25.1 Å². The van der Waals surface area contributed by atoms with E-state index in [1.165, 1.54) is 4.90 Å². The van der Waals surface area contributed by atoms with Crippen molar-refractivity contribution in [2.45, 2.75) is 32.4 Å². The van der Waals surface area contributed by atoms with Crippen LogP contribution in [0, 0.1) is 5.92 Å². The van der Waals surface area contributed by atoms with Crippen LogP contribution in [-0.2, 0) is 11.8 Å². The minimum absolute atomic E-state index is 0. The highest BCUT2D eigenvalue weighted by Crippen LogP contribution is 2.24. The summed E-state index contributed by atoms with van der Waals surface area (Å²) in [5.74, 6) is 1.11. The van der Waals surface area contributed by atoms with Crippen molar-refractivity contribution >= 4 is 41.5 Å². The number of carbonyl (C=O) groups is 1. The molecule has 3 heterocycles. The Morgan fingerprint density at radius 1 is 1.25 bits per heavy atom. The number of piperazine rings is 1. The van der Waals surface area contributed by atoms with Gasteiger partial charge in [-0.25, -0.2) is 0 Å². The second-order valence-electron chi connectivity index (χ2n) is 8.20. The summed E-state index contributed by atoms with van der Waals surface area (Å²) in [4.78, 5) is 22.5. The van der Waals surface area contributed by atoms with E-state index in [0.29, 0.717) is 45.2 Å². The Morgan fingerprint density at radius 3 is 2.53 bits per heavy atom.